The van der Waals surface area contributed by atoms with Crippen LogP contribution >= 0.6 is 15.9 Å². The van der Waals surface area contributed by atoms with E-state index in [2.05, 4.69) is 31.9 Å². The molecule has 2 rings (SSSR count). The SMILES string of the molecule is Brc1ncccc1N1CCCC1. The molecule has 2 nitrogen and oxygen atoms in total. The highest BCUT2D eigenvalue weighted by molar-refractivity contribution is 9.10. The van der Waals surface area contributed by atoms with Crippen LogP contribution in [0.5, 0.6) is 0 Å². The van der Waals surface area contributed by atoms with E-state index in [4.69, 9.17) is 0 Å². The summed E-state index contributed by atoms with van der Waals surface area (Å²) in [6.07, 6.45) is 4.42. The number of hydrogen-bond donors (Lipinski definition) is 0. The predicted molar refractivity (Wildman–Crippen MR) is 53.4 cm³/mol. The molecule has 0 aromatic carbocycles. The Morgan fingerprint density at radius 1 is 1.33 bits per heavy atom. The molecule has 0 radical (unpaired) electrons. The van der Waals surface area contributed by atoms with Gasteiger partial charge in [-0.05, 0) is 40.9 Å². The van der Waals surface area contributed by atoms with E-state index in [1.165, 1.54) is 31.6 Å². The van der Waals surface area contributed by atoms with Gasteiger partial charge in [0.25, 0.3) is 0 Å². The standard InChI is InChI=1S/C9H11BrN2/c10-9-8(4-3-5-11-9)12-6-1-2-7-12/h3-5H,1-2,6-7H2. The lowest BCUT2D eigenvalue weighted by Crippen LogP contribution is -2.18. The second-order valence-electron chi connectivity index (χ2n) is 3.01. The quantitative estimate of drug-likeness (QED) is 0.685. The second-order valence-corrected chi connectivity index (χ2v) is 3.76. The van der Waals surface area contributed by atoms with E-state index in [1.54, 1.807) is 0 Å². The van der Waals surface area contributed by atoms with Crippen LogP contribution in [0.1, 0.15) is 12.8 Å². The largest absolute Gasteiger partial charge is 0.369 e. The molecule has 12 heavy (non-hydrogen) atoms. The van der Waals surface area contributed by atoms with Gasteiger partial charge in [-0.25, -0.2) is 4.98 Å². The van der Waals surface area contributed by atoms with Crippen LogP contribution in [0.15, 0.2) is 22.9 Å². The molecular weight excluding hydrogens is 216 g/mol. The van der Waals surface area contributed by atoms with Crippen LogP contribution in [-0.4, -0.2) is 18.1 Å². The van der Waals surface area contributed by atoms with Gasteiger partial charge in [-0.1, -0.05) is 0 Å². The van der Waals surface area contributed by atoms with Gasteiger partial charge in [-0.3, -0.25) is 0 Å². The van der Waals surface area contributed by atoms with Crippen molar-refractivity contribution in [3.05, 3.63) is 22.9 Å². The fourth-order valence-electron chi connectivity index (χ4n) is 1.57. The van der Waals surface area contributed by atoms with Crippen molar-refractivity contribution in [2.24, 2.45) is 0 Å². The molecule has 1 aromatic heterocycles. The lowest BCUT2D eigenvalue weighted by molar-refractivity contribution is 0.949. The van der Waals surface area contributed by atoms with Gasteiger partial charge in [-0.2, -0.15) is 0 Å². The van der Waals surface area contributed by atoms with Crippen LogP contribution < -0.4 is 4.90 Å². The summed E-state index contributed by atoms with van der Waals surface area (Å²) < 4.78 is 0.965. The number of anilines is 1. The van der Waals surface area contributed by atoms with Crippen LogP contribution in [0.4, 0.5) is 5.69 Å². The maximum Gasteiger partial charge on any atom is 0.129 e. The molecule has 3 heteroatoms. The molecule has 0 amide bonds. The first-order valence-corrected chi connectivity index (χ1v) is 5.03. The fraction of sp³-hybridized carbons (Fsp3) is 0.444. The number of pyridine rings is 1. The van der Waals surface area contributed by atoms with Crippen LogP contribution in [0.3, 0.4) is 0 Å². The number of nitrogens with zero attached hydrogens (tertiary/aromatic N) is 2. The van der Waals surface area contributed by atoms with Crippen LogP contribution in [-0.2, 0) is 0 Å². The Kier molecular flexibility index (Phi) is 2.30. The summed E-state index contributed by atoms with van der Waals surface area (Å²) in [7, 11) is 0. The van der Waals surface area contributed by atoms with Crippen LogP contribution in [0.2, 0.25) is 0 Å². The molecule has 0 aliphatic carbocycles. The first-order chi connectivity index (χ1) is 5.88. The van der Waals surface area contributed by atoms with Crippen molar-refractivity contribution < 1.29 is 0 Å². The predicted octanol–water partition coefficient (Wildman–Crippen LogP) is 2.44. The molecule has 0 bridgehead atoms. The molecule has 2 heterocycles. The Bertz CT molecular complexity index is 269. The van der Waals surface area contributed by atoms with Crippen molar-refractivity contribution in [2.45, 2.75) is 12.8 Å². The van der Waals surface area contributed by atoms with Gasteiger partial charge in [0.05, 0.1) is 5.69 Å². The molecule has 0 atom stereocenters. The van der Waals surface area contributed by atoms with E-state index in [0.29, 0.717) is 0 Å². The topological polar surface area (TPSA) is 16.1 Å². The first kappa shape index (κ1) is 8.05. The minimum Gasteiger partial charge on any atom is -0.369 e. The van der Waals surface area contributed by atoms with Crippen molar-refractivity contribution in [3.63, 3.8) is 0 Å². The Hall–Kier alpha value is -0.570. The van der Waals surface area contributed by atoms with E-state index in [-0.39, 0.29) is 0 Å². The Balaban J connectivity index is 2.26. The van der Waals surface area contributed by atoms with Crippen molar-refractivity contribution in [3.8, 4) is 0 Å². The monoisotopic (exact) mass is 226 g/mol. The third-order valence-electron chi connectivity index (χ3n) is 2.19. The smallest absolute Gasteiger partial charge is 0.129 e. The number of hydrogen-bond acceptors (Lipinski definition) is 2. The van der Waals surface area contributed by atoms with Gasteiger partial charge in [-0.15, -0.1) is 0 Å². The van der Waals surface area contributed by atoms with Crippen molar-refractivity contribution in [1.82, 2.24) is 4.98 Å². The lowest BCUT2D eigenvalue weighted by atomic mass is 10.4. The van der Waals surface area contributed by atoms with Gasteiger partial charge >= 0.3 is 0 Å². The Morgan fingerprint density at radius 3 is 2.75 bits per heavy atom. The van der Waals surface area contributed by atoms with Gasteiger partial charge in [0, 0.05) is 19.3 Å². The van der Waals surface area contributed by atoms with E-state index in [9.17, 15) is 0 Å². The zero-order valence-corrected chi connectivity index (χ0v) is 8.42. The highest BCUT2D eigenvalue weighted by atomic mass is 79.9. The van der Waals surface area contributed by atoms with E-state index < -0.39 is 0 Å². The molecule has 1 aromatic rings. The molecule has 1 aliphatic rings. The summed E-state index contributed by atoms with van der Waals surface area (Å²) in [5.74, 6) is 0. The van der Waals surface area contributed by atoms with Crippen LogP contribution in [0.25, 0.3) is 0 Å². The highest BCUT2D eigenvalue weighted by Gasteiger charge is 2.14. The number of halogens is 1. The normalized spacial score (nSPS) is 16.9. The molecular formula is C9H11BrN2. The minimum atomic E-state index is 0.965. The summed E-state index contributed by atoms with van der Waals surface area (Å²) >= 11 is 3.45. The number of aromatic nitrogens is 1. The van der Waals surface area contributed by atoms with Gasteiger partial charge in [0.15, 0.2) is 0 Å². The minimum absolute atomic E-state index is 0.965. The average Bonchev–Trinajstić information content (AvgIpc) is 2.57. The van der Waals surface area contributed by atoms with Gasteiger partial charge < -0.3 is 4.90 Å². The molecule has 0 unspecified atom stereocenters. The maximum absolute atomic E-state index is 4.20. The van der Waals surface area contributed by atoms with E-state index >= 15 is 0 Å². The zero-order chi connectivity index (χ0) is 8.39. The third-order valence-corrected chi connectivity index (χ3v) is 2.80. The zero-order valence-electron chi connectivity index (χ0n) is 6.83. The van der Waals surface area contributed by atoms with Crippen LogP contribution in [0, 0.1) is 0 Å². The molecule has 1 aliphatic heterocycles. The Morgan fingerprint density at radius 2 is 2.08 bits per heavy atom. The van der Waals surface area contributed by atoms with E-state index in [1.807, 2.05) is 12.3 Å². The number of rotatable bonds is 1. The highest BCUT2D eigenvalue weighted by Crippen LogP contribution is 2.26. The Labute approximate surface area is 80.7 Å². The molecule has 0 N–H and O–H groups in total. The molecule has 0 spiro atoms. The fourth-order valence-corrected chi connectivity index (χ4v) is 2.07. The third kappa shape index (κ3) is 1.46. The van der Waals surface area contributed by atoms with Crippen molar-refractivity contribution in [2.75, 3.05) is 18.0 Å². The van der Waals surface area contributed by atoms with Crippen molar-refractivity contribution >= 4 is 21.6 Å². The van der Waals surface area contributed by atoms with Gasteiger partial charge in [0.2, 0.25) is 0 Å². The van der Waals surface area contributed by atoms with E-state index in [0.717, 1.165) is 4.60 Å². The summed E-state index contributed by atoms with van der Waals surface area (Å²) in [6, 6.07) is 4.10. The molecule has 1 fully saturated rings. The first-order valence-electron chi connectivity index (χ1n) is 4.23. The second kappa shape index (κ2) is 3.44. The summed E-state index contributed by atoms with van der Waals surface area (Å²) in [4.78, 5) is 6.57. The van der Waals surface area contributed by atoms with Crippen molar-refractivity contribution in [1.29, 1.82) is 0 Å². The van der Waals surface area contributed by atoms with Gasteiger partial charge in [0.1, 0.15) is 4.60 Å². The lowest BCUT2D eigenvalue weighted by Gasteiger charge is -2.17. The maximum atomic E-state index is 4.20. The summed E-state index contributed by atoms with van der Waals surface area (Å²) in [6.45, 7) is 2.34. The molecule has 0 saturated carbocycles. The summed E-state index contributed by atoms with van der Waals surface area (Å²) in [5.41, 5.74) is 1.23. The molecule has 1 saturated heterocycles. The summed E-state index contributed by atoms with van der Waals surface area (Å²) in [5, 5.41) is 0. The molecule has 64 valence electrons. The average molecular weight is 227 g/mol.